The van der Waals surface area contributed by atoms with Gasteiger partial charge in [-0.1, -0.05) is 0 Å². The maximum atomic E-state index is 5.09. The Balaban J connectivity index is 2.26. The molecular weight excluding hydrogens is 284 g/mol. The lowest BCUT2D eigenvalue weighted by Gasteiger charge is -2.39. The van der Waals surface area contributed by atoms with Crippen LogP contribution in [0.25, 0.3) is 0 Å². The van der Waals surface area contributed by atoms with E-state index < -0.39 is 0 Å². The molecule has 0 amide bonds. The molecule has 1 fully saturated rings. The van der Waals surface area contributed by atoms with Gasteiger partial charge in [-0.15, -0.1) is 0 Å². The van der Waals surface area contributed by atoms with Crippen LogP contribution in [-0.4, -0.2) is 86.8 Å². The van der Waals surface area contributed by atoms with Crippen LogP contribution in [0.4, 0.5) is 0 Å². The molecule has 6 heteroatoms. The molecule has 1 saturated heterocycles. The zero-order chi connectivity index (χ0) is 15.7. The van der Waals surface area contributed by atoms with Gasteiger partial charge < -0.3 is 19.9 Å². The van der Waals surface area contributed by atoms with Gasteiger partial charge in [0.05, 0.1) is 6.61 Å². The topological polar surface area (TPSA) is 40.1 Å². The van der Waals surface area contributed by atoms with E-state index >= 15 is 0 Å². The standard InChI is InChI=1S/C15H32N4OS/c1-15(2)13-19(10-12-21-15)14(16-3)17-7-6-8-18(4)9-11-20-5/h6-13H2,1-5H3,(H,16,17). The summed E-state index contributed by atoms with van der Waals surface area (Å²) in [5.41, 5.74) is 0. The highest BCUT2D eigenvalue weighted by Gasteiger charge is 2.28. The lowest BCUT2D eigenvalue weighted by Crippen LogP contribution is -2.51. The molecule has 1 aliphatic heterocycles. The fourth-order valence-corrected chi connectivity index (χ4v) is 3.55. The Hall–Kier alpha value is -0.460. The Labute approximate surface area is 134 Å². The van der Waals surface area contributed by atoms with Crippen LogP contribution in [0.15, 0.2) is 4.99 Å². The predicted octanol–water partition coefficient (Wildman–Crippen LogP) is 1.36. The largest absolute Gasteiger partial charge is 0.383 e. The molecule has 0 aromatic carbocycles. The Morgan fingerprint density at radius 2 is 2.19 bits per heavy atom. The van der Waals surface area contributed by atoms with Crippen molar-refractivity contribution < 1.29 is 4.74 Å². The van der Waals surface area contributed by atoms with Crippen molar-refractivity contribution >= 4 is 17.7 Å². The number of hydrogen-bond acceptors (Lipinski definition) is 4. The number of guanidine groups is 1. The monoisotopic (exact) mass is 316 g/mol. The fraction of sp³-hybridized carbons (Fsp3) is 0.933. The van der Waals surface area contributed by atoms with Gasteiger partial charge in [0.25, 0.3) is 0 Å². The second-order valence-corrected chi connectivity index (χ2v) is 7.96. The quantitative estimate of drug-likeness (QED) is 0.436. The van der Waals surface area contributed by atoms with Crippen molar-refractivity contribution in [3.05, 3.63) is 0 Å². The third kappa shape index (κ3) is 7.38. The molecule has 1 heterocycles. The number of nitrogens with one attached hydrogen (secondary N) is 1. The van der Waals surface area contributed by atoms with E-state index in [0.717, 1.165) is 51.7 Å². The van der Waals surface area contributed by atoms with Gasteiger partial charge in [-0.3, -0.25) is 4.99 Å². The number of thioether (sulfide) groups is 1. The molecule has 0 atom stereocenters. The molecule has 1 aliphatic rings. The normalized spacial score (nSPS) is 19.1. The van der Waals surface area contributed by atoms with E-state index in [1.54, 1.807) is 7.11 Å². The molecule has 124 valence electrons. The van der Waals surface area contributed by atoms with Crippen molar-refractivity contribution in [1.29, 1.82) is 0 Å². The lowest BCUT2D eigenvalue weighted by molar-refractivity contribution is 0.161. The summed E-state index contributed by atoms with van der Waals surface area (Å²) in [6.07, 6.45) is 1.12. The molecule has 1 N–H and O–H groups in total. The Morgan fingerprint density at radius 3 is 2.81 bits per heavy atom. The van der Waals surface area contributed by atoms with Gasteiger partial charge in [0.2, 0.25) is 0 Å². The molecule has 0 saturated carbocycles. The average Bonchev–Trinajstić information content (AvgIpc) is 2.44. The molecular formula is C15H32N4OS. The number of methoxy groups -OCH3 is 1. The zero-order valence-electron chi connectivity index (χ0n) is 14.3. The van der Waals surface area contributed by atoms with E-state index in [4.69, 9.17) is 4.74 Å². The SMILES string of the molecule is CN=C(NCCCN(C)CCOC)N1CCSC(C)(C)C1. The first-order valence-corrected chi connectivity index (χ1v) is 8.74. The van der Waals surface area contributed by atoms with Gasteiger partial charge in [0, 0.05) is 50.8 Å². The fourth-order valence-electron chi connectivity index (χ4n) is 2.44. The molecule has 0 spiro atoms. The van der Waals surface area contributed by atoms with Crippen LogP contribution in [0.1, 0.15) is 20.3 Å². The summed E-state index contributed by atoms with van der Waals surface area (Å²) in [6, 6.07) is 0. The summed E-state index contributed by atoms with van der Waals surface area (Å²) in [4.78, 5) is 9.11. The predicted molar refractivity (Wildman–Crippen MR) is 93.5 cm³/mol. The highest BCUT2D eigenvalue weighted by Crippen LogP contribution is 2.29. The average molecular weight is 317 g/mol. The Bertz CT molecular complexity index is 323. The van der Waals surface area contributed by atoms with Gasteiger partial charge in [0.1, 0.15) is 0 Å². The smallest absolute Gasteiger partial charge is 0.193 e. The van der Waals surface area contributed by atoms with Gasteiger partial charge in [-0.2, -0.15) is 11.8 Å². The summed E-state index contributed by atoms with van der Waals surface area (Å²) in [5.74, 6) is 2.22. The minimum atomic E-state index is 0.316. The minimum Gasteiger partial charge on any atom is -0.383 e. The van der Waals surface area contributed by atoms with Crippen molar-refractivity contribution in [2.45, 2.75) is 25.0 Å². The maximum Gasteiger partial charge on any atom is 0.193 e. The Kier molecular flexibility index (Phi) is 8.44. The summed E-state index contributed by atoms with van der Waals surface area (Å²) in [5, 5.41) is 3.50. The third-order valence-corrected chi connectivity index (χ3v) is 4.91. The molecule has 21 heavy (non-hydrogen) atoms. The van der Waals surface area contributed by atoms with E-state index in [9.17, 15) is 0 Å². The first-order chi connectivity index (χ1) is 9.98. The van der Waals surface area contributed by atoms with E-state index in [0.29, 0.717) is 4.75 Å². The van der Waals surface area contributed by atoms with Gasteiger partial charge in [-0.25, -0.2) is 0 Å². The first kappa shape index (κ1) is 18.6. The second-order valence-electron chi connectivity index (χ2n) is 6.15. The second kappa shape index (κ2) is 9.54. The summed E-state index contributed by atoms with van der Waals surface area (Å²) in [7, 11) is 5.76. The lowest BCUT2D eigenvalue weighted by atomic mass is 10.2. The Morgan fingerprint density at radius 1 is 1.43 bits per heavy atom. The van der Waals surface area contributed by atoms with Crippen molar-refractivity contribution in [3.8, 4) is 0 Å². The van der Waals surface area contributed by atoms with Crippen LogP contribution in [-0.2, 0) is 4.74 Å². The molecule has 0 aliphatic carbocycles. The van der Waals surface area contributed by atoms with E-state index in [1.807, 2.05) is 18.8 Å². The van der Waals surface area contributed by atoms with E-state index in [2.05, 4.69) is 41.0 Å². The zero-order valence-corrected chi connectivity index (χ0v) is 15.1. The molecule has 0 radical (unpaired) electrons. The molecule has 5 nitrogen and oxygen atoms in total. The number of nitrogens with zero attached hydrogens (tertiary/aromatic N) is 3. The first-order valence-electron chi connectivity index (χ1n) is 7.75. The number of aliphatic imine (C=N–C) groups is 1. The third-order valence-electron chi connectivity index (χ3n) is 3.61. The number of hydrogen-bond donors (Lipinski definition) is 1. The number of rotatable bonds is 7. The minimum absolute atomic E-state index is 0.316. The van der Waals surface area contributed by atoms with E-state index in [-0.39, 0.29) is 0 Å². The number of likely N-dealkylation sites (N-methyl/N-ethyl adjacent to an activating group) is 1. The van der Waals surface area contributed by atoms with Crippen LogP contribution in [0, 0.1) is 0 Å². The van der Waals surface area contributed by atoms with Crippen molar-refractivity contribution in [2.75, 3.05) is 66.3 Å². The van der Waals surface area contributed by atoms with Crippen molar-refractivity contribution in [2.24, 2.45) is 4.99 Å². The summed E-state index contributed by atoms with van der Waals surface area (Å²) in [6.45, 7) is 10.6. The molecule has 0 aromatic rings. The molecule has 0 unspecified atom stereocenters. The van der Waals surface area contributed by atoms with Crippen molar-refractivity contribution in [3.63, 3.8) is 0 Å². The van der Waals surface area contributed by atoms with Gasteiger partial charge >= 0.3 is 0 Å². The summed E-state index contributed by atoms with van der Waals surface area (Å²) >= 11 is 2.05. The van der Waals surface area contributed by atoms with Crippen LogP contribution in [0.2, 0.25) is 0 Å². The molecule has 0 aromatic heterocycles. The van der Waals surface area contributed by atoms with E-state index in [1.165, 1.54) is 5.75 Å². The van der Waals surface area contributed by atoms with Crippen LogP contribution in [0.5, 0.6) is 0 Å². The molecule has 1 rings (SSSR count). The van der Waals surface area contributed by atoms with Crippen molar-refractivity contribution in [1.82, 2.24) is 15.1 Å². The summed E-state index contributed by atoms with van der Waals surface area (Å²) < 4.78 is 5.40. The number of ether oxygens (including phenoxy) is 1. The van der Waals surface area contributed by atoms with Crippen LogP contribution >= 0.6 is 11.8 Å². The van der Waals surface area contributed by atoms with Crippen LogP contribution in [0.3, 0.4) is 0 Å². The highest BCUT2D eigenvalue weighted by molar-refractivity contribution is 8.00. The maximum absolute atomic E-state index is 5.09. The van der Waals surface area contributed by atoms with Gasteiger partial charge in [0.15, 0.2) is 5.96 Å². The van der Waals surface area contributed by atoms with Crippen LogP contribution < -0.4 is 5.32 Å². The van der Waals surface area contributed by atoms with Gasteiger partial charge in [-0.05, 0) is 33.9 Å². The highest BCUT2D eigenvalue weighted by atomic mass is 32.2. The molecule has 0 bridgehead atoms.